The van der Waals surface area contributed by atoms with Crippen molar-refractivity contribution in [3.63, 3.8) is 0 Å². The van der Waals surface area contributed by atoms with Crippen LogP contribution in [0.3, 0.4) is 0 Å². The number of hydrogen-bond donors (Lipinski definition) is 0. The third kappa shape index (κ3) is 3.93. The number of pyridine rings is 1. The fraction of sp³-hybridized carbons (Fsp3) is 0.304. The maximum atomic E-state index is 13.2. The lowest BCUT2D eigenvalue weighted by Crippen LogP contribution is -2.49. The number of carbonyl (C=O) groups excluding carboxylic acids is 1. The molecule has 0 N–H and O–H groups in total. The standard InChI is InChI=1S/C23H24ClN3O2/c1-16(17-5-3-6-18(15-17)29-2)26-11-13-27(14-12-26)23(28)20-8-9-21(24)19-7-4-10-25-22(19)20/h3-10,15-16H,11-14H2,1-2H3/t16-/m0/s1. The summed E-state index contributed by atoms with van der Waals surface area (Å²) in [5, 5.41) is 1.42. The van der Waals surface area contributed by atoms with Crippen LogP contribution < -0.4 is 4.74 Å². The zero-order valence-electron chi connectivity index (χ0n) is 16.6. The number of benzene rings is 2. The van der Waals surface area contributed by atoms with Crippen molar-refractivity contribution in [2.45, 2.75) is 13.0 Å². The van der Waals surface area contributed by atoms with E-state index in [1.165, 1.54) is 5.56 Å². The quantitative estimate of drug-likeness (QED) is 0.640. The van der Waals surface area contributed by atoms with Crippen molar-refractivity contribution in [3.05, 3.63) is 70.9 Å². The van der Waals surface area contributed by atoms with Crippen LogP contribution in [-0.4, -0.2) is 54.0 Å². The molecule has 29 heavy (non-hydrogen) atoms. The van der Waals surface area contributed by atoms with Crippen LogP contribution in [0.1, 0.15) is 28.9 Å². The van der Waals surface area contributed by atoms with E-state index in [9.17, 15) is 4.79 Å². The molecule has 0 aliphatic carbocycles. The number of halogens is 1. The van der Waals surface area contributed by atoms with Gasteiger partial charge in [-0.05, 0) is 48.9 Å². The Labute approximate surface area is 175 Å². The van der Waals surface area contributed by atoms with Gasteiger partial charge in [-0.3, -0.25) is 14.7 Å². The van der Waals surface area contributed by atoms with Crippen LogP contribution in [0.25, 0.3) is 10.9 Å². The summed E-state index contributed by atoms with van der Waals surface area (Å²) in [6.45, 7) is 5.21. The average molecular weight is 410 g/mol. The van der Waals surface area contributed by atoms with Crippen molar-refractivity contribution in [3.8, 4) is 5.75 Å². The van der Waals surface area contributed by atoms with Crippen molar-refractivity contribution in [2.75, 3.05) is 33.3 Å². The third-order valence-corrected chi connectivity index (χ3v) is 6.00. The molecule has 1 atom stereocenters. The molecule has 0 spiro atoms. The van der Waals surface area contributed by atoms with Crippen molar-refractivity contribution in [1.82, 2.24) is 14.8 Å². The van der Waals surface area contributed by atoms with Gasteiger partial charge in [0, 0.05) is 43.8 Å². The molecular formula is C23H24ClN3O2. The Kier molecular flexibility index (Phi) is 5.69. The molecule has 0 saturated carbocycles. The normalized spacial score (nSPS) is 16.0. The number of fused-ring (bicyclic) bond motifs is 1. The number of hydrogen-bond acceptors (Lipinski definition) is 4. The molecule has 1 aliphatic rings. The van der Waals surface area contributed by atoms with Gasteiger partial charge in [0.1, 0.15) is 5.75 Å². The summed E-state index contributed by atoms with van der Waals surface area (Å²) in [6, 6.07) is 15.7. The molecule has 2 heterocycles. The lowest BCUT2D eigenvalue weighted by molar-refractivity contribution is 0.0583. The molecule has 6 heteroatoms. The summed E-state index contributed by atoms with van der Waals surface area (Å²) in [5.41, 5.74) is 2.49. The first-order chi connectivity index (χ1) is 14.1. The number of piperazine rings is 1. The lowest BCUT2D eigenvalue weighted by Gasteiger charge is -2.38. The predicted octanol–water partition coefficient (Wildman–Crippen LogP) is 4.42. The number of rotatable bonds is 4. The van der Waals surface area contributed by atoms with Gasteiger partial charge < -0.3 is 9.64 Å². The van der Waals surface area contributed by atoms with E-state index in [2.05, 4.69) is 28.9 Å². The molecule has 0 unspecified atom stereocenters. The van der Waals surface area contributed by atoms with E-state index in [4.69, 9.17) is 16.3 Å². The summed E-state index contributed by atoms with van der Waals surface area (Å²) >= 11 is 6.27. The predicted molar refractivity (Wildman–Crippen MR) is 116 cm³/mol. The van der Waals surface area contributed by atoms with Crippen molar-refractivity contribution in [2.24, 2.45) is 0 Å². The Morgan fingerprint density at radius 2 is 1.90 bits per heavy atom. The molecule has 4 rings (SSSR count). The smallest absolute Gasteiger partial charge is 0.256 e. The van der Waals surface area contributed by atoms with E-state index in [0.717, 1.165) is 24.2 Å². The zero-order valence-corrected chi connectivity index (χ0v) is 17.4. The minimum atomic E-state index is 0.0130. The fourth-order valence-electron chi connectivity index (χ4n) is 3.91. The van der Waals surface area contributed by atoms with Gasteiger partial charge in [0.2, 0.25) is 0 Å². The molecule has 150 valence electrons. The van der Waals surface area contributed by atoms with Crippen molar-refractivity contribution >= 4 is 28.4 Å². The molecular weight excluding hydrogens is 386 g/mol. The first-order valence-corrected chi connectivity index (χ1v) is 10.2. The molecule has 1 saturated heterocycles. The van der Waals surface area contributed by atoms with Crippen LogP contribution in [0.15, 0.2) is 54.7 Å². The van der Waals surface area contributed by atoms with Gasteiger partial charge in [-0.25, -0.2) is 0 Å². The van der Waals surface area contributed by atoms with E-state index in [0.29, 0.717) is 29.2 Å². The van der Waals surface area contributed by atoms with Crippen LogP contribution >= 0.6 is 11.6 Å². The van der Waals surface area contributed by atoms with E-state index in [1.807, 2.05) is 29.2 Å². The largest absolute Gasteiger partial charge is 0.497 e. The van der Waals surface area contributed by atoms with Gasteiger partial charge in [-0.1, -0.05) is 23.7 Å². The molecule has 1 aliphatic heterocycles. The summed E-state index contributed by atoms with van der Waals surface area (Å²) in [4.78, 5) is 21.9. The highest BCUT2D eigenvalue weighted by atomic mass is 35.5. The number of amides is 1. The Bertz CT molecular complexity index is 1030. The monoisotopic (exact) mass is 409 g/mol. The minimum Gasteiger partial charge on any atom is -0.497 e. The van der Waals surface area contributed by atoms with Crippen LogP contribution in [-0.2, 0) is 0 Å². The van der Waals surface area contributed by atoms with Gasteiger partial charge >= 0.3 is 0 Å². The Morgan fingerprint density at radius 1 is 1.10 bits per heavy atom. The second-order valence-corrected chi connectivity index (χ2v) is 7.68. The first kappa shape index (κ1) is 19.7. The molecule has 3 aromatic rings. The fourth-order valence-corrected chi connectivity index (χ4v) is 4.12. The van der Waals surface area contributed by atoms with E-state index in [-0.39, 0.29) is 11.9 Å². The summed E-state index contributed by atoms with van der Waals surface area (Å²) in [5.74, 6) is 0.879. The van der Waals surface area contributed by atoms with Gasteiger partial charge in [0.15, 0.2) is 0 Å². The molecule has 5 nitrogen and oxygen atoms in total. The van der Waals surface area contributed by atoms with Crippen LogP contribution in [0.5, 0.6) is 5.75 Å². The van der Waals surface area contributed by atoms with E-state index in [1.54, 1.807) is 25.4 Å². The molecule has 0 radical (unpaired) electrons. The minimum absolute atomic E-state index is 0.0130. The number of methoxy groups -OCH3 is 1. The average Bonchev–Trinajstić information content (AvgIpc) is 2.79. The van der Waals surface area contributed by atoms with Crippen LogP contribution in [0.4, 0.5) is 0 Å². The number of aromatic nitrogens is 1. The highest BCUT2D eigenvalue weighted by molar-refractivity contribution is 6.36. The maximum absolute atomic E-state index is 13.2. The van der Waals surface area contributed by atoms with Gasteiger partial charge in [-0.15, -0.1) is 0 Å². The highest BCUT2D eigenvalue weighted by Gasteiger charge is 2.26. The number of ether oxygens (including phenoxy) is 1. The molecule has 1 amide bonds. The van der Waals surface area contributed by atoms with Gasteiger partial charge in [-0.2, -0.15) is 0 Å². The number of nitrogens with zero attached hydrogens (tertiary/aromatic N) is 3. The second kappa shape index (κ2) is 8.39. The van der Waals surface area contributed by atoms with Gasteiger partial charge in [0.25, 0.3) is 5.91 Å². The Morgan fingerprint density at radius 3 is 2.66 bits per heavy atom. The first-order valence-electron chi connectivity index (χ1n) is 9.79. The molecule has 1 fully saturated rings. The van der Waals surface area contributed by atoms with Crippen LogP contribution in [0.2, 0.25) is 5.02 Å². The third-order valence-electron chi connectivity index (χ3n) is 5.67. The Balaban J connectivity index is 1.47. The molecule has 1 aromatic heterocycles. The van der Waals surface area contributed by atoms with Crippen LogP contribution in [0, 0.1) is 0 Å². The highest BCUT2D eigenvalue weighted by Crippen LogP contribution is 2.28. The lowest BCUT2D eigenvalue weighted by atomic mass is 10.0. The summed E-state index contributed by atoms with van der Waals surface area (Å²) in [6.07, 6.45) is 1.70. The number of carbonyl (C=O) groups is 1. The SMILES string of the molecule is COc1cccc([C@H](C)N2CCN(C(=O)c3ccc(Cl)c4cccnc34)CC2)c1. The second-order valence-electron chi connectivity index (χ2n) is 7.28. The molecule has 0 bridgehead atoms. The summed E-state index contributed by atoms with van der Waals surface area (Å²) in [7, 11) is 1.68. The summed E-state index contributed by atoms with van der Waals surface area (Å²) < 4.78 is 5.35. The van der Waals surface area contributed by atoms with Crippen molar-refractivity contribution in [1.29, 1.82) is 0 Å². The van der Waals surface area contributed by atoms with Gasteiger partial charge in [0.05, 0.1) is 23.2 Å². The Hall–Kier alpha value is -2.63. The molecule has 2 aromatic carbocycles. The topological polar surface area (TPSA) is 45.7 Å². The zero-order chi connectivity index (χ0) is 20.4. The van der Waals surface area contributed by atoms with E-state index >= 15 is 0 Å². The van der Waals surface area contributed by atoms with Crippen molar-refractivity contribution < 1.29 is 9.53 Å². The maximum Gasteiger partial charge on any atom is 0.256 e. The van der Waals surface area contributed by atoms with E-state index < -0.39 is 0 Å².